The van der Waals surface area contributed by atoms with Crippen LogP contribution in [-0.4, -0.2) is 27.8 Å². The molecule has 0 amide bonds. The summed E-state index contributed by atoms with van der Waals surface area (Å²) in [5.74, 6) is 0.711. The van der Waals surface area contributed by atoms with Gasteiger partial charge in [0.05, 0.1) is 30.5 Å². The normalized spacial score (nSPS) is 21.2. The Bertz CT molecular complexity index is 425. The molecule has 0 bridgehead atoms. The van der Waals surface area contributed by atoms with Gasteiger partial charge in [0, 0.05) is 19.0 Å². The molecular weight excluding hydrogens is 200 g/mol. The maximum Gasteiger partial charge on any atom is 0.0870 e. The van der Waals surface area contributed by atoms with E-state index in [1.54, 1.807) is 0 Å². The van der Waals surface area contributed by atoms with E-state index in [2.05, 4.69) is 26.8 Å². The number of rotatable bonds is 2. The van der Waals surface area contributed by atoms with E-state index in [9.17, 15) is 0 Å². The first-order chi connectivity index (χ1) is 7.86. The van der Waals surface area contributed by atoms with E-state index in [1.165, 1.54) is 30.7 Å². The quantitative estimate of drug-likeness (QED) is 0.703. The maximum absolute atomic E-state index is 8.69. The third kappa shape index (κ3) is 1.61. The summed E-state index contributed by atoms with van der Waals surface area (Å²) in [5.41, 5.74) is 2.56. The van der Waals surface area contributed by atoms with E-state index >= 15 is 0 Å². The van der Waals surface area contributed by atoms with Crippen molar-refractivity contribution in [1.82, 2.24) is 14.7 Å². The van der Waals surface area contributed by atoms with Crippen molar-refractivity contribution < 1.29 is 0 Å². The van der Waals surface area contributed by atoms with Gasteiger partial charge in [-0.1, -0.05) is 6.42 Å². The average Bonchev–Trinajstić information content (AvgIpc) is 2.57. The van der Waals surface area contributed by atoms with Gasteiger partial charge in [-0.3, -0.25) is 9.58 Å². The molecule has 0 saturated heterocycles. The zero-order chi connectivity index (χ0) is 11.0. The number of aromatic nitrogens is 2. The van der Waals surface area contributed by atoms with E-state index in [0.717, 1.165) is 19.6 Å². The van der Waals surface area contributed by atoms with Crippen molar-refractivity contribution in [2.45, 2.75) is 38.3 Å². The molecule has 2 heterocycles. The van der Waals surface area contributed by atoms with Crippen LogP contribution in [0.1, 0.15) is 36.6 Å². The van der Waals surface area contributed by atoms with Crippen LogP contribution in [0, 0.1) is 11.3 Å². The summed E-state index contributed by atoms with van der Waals surface area (Å²) in [7, 11) is 0. The molecular formula is C12H16N4. The monoisotopic (exact) mass is 216 g/mol. The van der Waals surface area contributed by atoms with Crippen LogP contribution in [-0.2, 0) is 13.1 Å². The molecule has 1 aromatic heterocycles. The fourth-order valence-electron chi connectivity index (χ4n) is 2.48. The topological polar surface area (TPSA) is 44.9 Å². The number of nitriles is 1. The van der Waals surface area contributed by atoms with Gasteiger partial charge in [0.15, 0.2) is 0 Å². The van der Waals surface area contributed by atoms with E-state index in [-0.39, 0.29) is 0 Å². The van der Waals surface area contributed by atoms with Crippen molar-refractivity contribution in [2.24, 2.45) is 0 Å². The van der Waals surface area contributed by atoms with Gasteiger partial charge in [0.2, 0.25) is 0 Å². The van der Waals surface area contributed by atoms with E-state index in [0.29, 0.717) is 12.5 Å². The first kappa shape index (κ1) is 9.86. The molecule has 1 saturated carbocycles. The Hall–Kier alpha value is -1.34. The van der Waals surface area contributed by atoms with Gasteiger partial charge in [-0.15, -0.1) is 0 Å². The summed E-state index contributed by atoms with van der Waals surface area (Å²) < 4.78 is 2.13. The predicted octanol–water partition coefficient (Wildman–Crippen LogP) is 1.49. The lowest BCUT2D eigenvalue weighted by molar-refractivity contribution is 0.236. The molecule has 0 unspecified atom stereocenters. The maximum atomic E-state index is 8.69. The molecule has 1 aromatic rings. The largest absolute Gasteiger partial charge is 0.283 e. The Kier molecular flexibility index (Phi) is 2.41. The standard InChI is InChI=1S/C12H16N4/c13-4-5-15-6-7-16-11(9-15)8-12(14-16)10-2-1-3-10/h8,10H,1-3,5-7,9H2. The molecule has 84 valence electrons. The van der Waals surface area contributed by atoms with Crippen molar-refractivity contribution in [3.05, 3.63) is 17.5 Å². The summed E-state index contributed by atoms with van der Waals surface area (Å²) in [5, 5.41) is 13.4. The fourth-order valence-corrected chi connectivity index (χ4v) is 2.48. The highest BCUT2D eigenvalue weighted by atomic mass is 15.3. The number of nitrogens with zero attached hydrogens (tertiary/aromatic N) is 4. The van der Waals surface area contributed by atoms with Crippen LogP contribution >= 0.6 is 0 Å². The molecule has 2 aliphatic rings. The van der Waals surface area contributed by atoms with Gasteiger partial charge >= 0.3 is 0 Å². The summed E-state index contributed by atoms with van der Waals surface area (Å²) in [6.07, 6.45) is 3.96. The molecule has 0 aromatic carbocycles. The first-order valence-corrected chi connectivity index (χ1v) is 6.03. The van der Waals surface area contributed by atoms with Crippen molar-refractivity contribution in [1.29, 1.82) is 5.26 Å². The molecule has 3 rings (SSSR count). The molecule has 4 heteroatoms. The van der Waals surface area contributed by atoms with Crippen LogP contribution in [0.5, 0.6) is 0 Å². The van der Waals surface area contributed by atoms with Gasteiger partial charge in [-0.25, -0.2) is 0 Å². The van der Waals surface area contributed by atoms with Gasteiger partial charge in [-0.2, -0.15) is 10.4 Å². The third-order valence-electron chi connectivity index (χ3n) is 3.71. The third-order valence-corrected chi connectivity index (χ3v) is 3.71. The Morgan fingerprint density at radius 2 is 2.31 bits per heavy atom. The van der Waals surface area contributed by atoms with Gasteiger partial charge in [-0.05, 0) is 18.9 Å². The van der Waals surface area contributed by atoms with Crippen LogP contribution in [0.25, 0.3) is 0 Å². The minimum atomic E-state index is 0.532. The molecule has 0 radical (unpaired) electrons. The smallest absolute Gasteiger partial charge is 0.0870 e. The summed E-state index contributed by atoms with van der Waals surface area (Å²) in [6, 6.07) is 4.46. The second-order valence-electron chi connectivity index (χ2n) is 4.78. The Morgan fingerprint density at radius 1 is 1.44 bits per heavy atom. The van der Waals surface area contributed by atoms with E-state index in [4.69, 9.17) is 5.26 Å². The van der Waals surface area contributed by atoms with Crippen molar-refractivity contribution >= 4 is 0 Å². The fraction of sp³-hybridized carbons (Fsp3) is 0.667. The van der Waals surface area contributed by atoms with Gasteiger partial charge < -0.3 is 0 Å². The molecule has 4 nitrogen and oxygen atoms in total. The zero-order valence-electron chi connectivity index (χ0n) is 9.39. The number of fused-ring (bicyclic) bond motifs is 1. The average molecular weight is 216 g/mol. The summed E-state index contributed by atoms with van der Waals surface area (Å²) >= 11 is 0. The van der Waals surface area contributed by atoms with Crippen LogP contribution in [0.15, 0.2) is 6.07 Å². The highest BCUT2D eigenvalue weighted by molar-refractivity contribution is 5.17. The Balaban J connectivity index is 1.77. The SMILES string of the molecule is N#CCN1CCn2nc(C3CCC3)cc2C1. The van der Waals surface area contributed by atoms with Crippen LogP contribution in [0.4, 0.5) is 0 Å². The highest BCUT2D eigenvalue weighted by Gasteiger charge is 2.25. The molecule has 1 aliphatic heterocycles. The molecule has 0 atom stereocenters. The van der Waals surface area contributed by atoms with Crippen LogP contribution in [0.3, 0.4) is 0 Å². The summed E-state index contributed by atoms with van der Waals surface area (Å²) in [4.78, 5) is 2.18. The molecule has 0 spiro atoms. The van der Waals surface area contributed by atoms with E-state index in [1.807, 2.05) is 0 Å². The van der Waals surface area contributed by atoms with Crippen LogP contribution < -0.4 is 0 Å². The lowest BCUT2D eigenvalue weighted by Gasteiger charge is -2.24. The van der Waals surface area contributed by atoms with Crippen molar-refractivity contribution in [3.8, 4) is 6.07 Å². The van der Waals surface area contributed by atoms with Crippen LogP contribution in [0.2, 0.25) is 0 Å². The minimum Gasteiger partial charge on any atom is -0.283 e. The number of hydrogen-bond acceptors (Lipinski definition) is 3. The van der Waals surface area contributed by atoms with Gasteiger partial charge in [0.1, 0.15) is 0 Å². The Labute approximate surface area is 95.5 Å². The molecule has 16 heavy (non-hydrogen) atoms. The Morgan fingerprint density at radius 3 is 3.00 bits per heavy atom. The second kappa shape index (κ2) is 3.91. The van der Waals surface area contributed by atoms with Gasteiger partial charge in [0.25, 0.3) is 0 Å². The summed E-state index contributed by atoms with van der Waals surface area (Å²) in [6.45, 7) is 3.30. The van der Waals surface area contributed by atoms with E-state index < -0.39 is 0 Å². The first-order valence-electron chi connectivity index (χ1n) is 6.03. The molecule has 1 aliphatic carbocycles. The van der Waals surface area contributed by atoms with Crippen molar-refractivity contribution in [3.63, 3.8) is 0 Å². The predicted molar refractivity (Wildman–Crippen MR) is 59.7 cm³/mol. The number of hydrogen-bond donors (Lipinski definition) is 0. The molecule has 0 N–H and O–H groups in total. The second-order valence-corrected chi connectivity index (χ2v) is 4.78. The van der Waals surface area contributed by atoms with Crippen molar-refractivity contribution in [2.75, 3.05) is 13.1 Å². The minimum absolute atomic E-state index is 0.532. The lowest BCUT2D eigenvalue weighted by atomic mass is 9.83. The lowest BCUT2D eigenvalue weighted by Crippen LogP contribution is -2.34. The highest BCUT2D eigenvalue weighted by Crippen LogP contribution is 2.36. The zero-order valence-corrected chi connectivity index (χ0v) is 9.39. The molecule has 1 fully saturated rings.